The van der Waals surface area contributed by atoms with E-state index >= 15 is 0 Å². The van der Waals surface area contributed by atoms with Crippen LogP contribution in [0.5, 0.6) is 0 Å². The largest absolute Gasteiger partial charge is 0.398 e. The average Bonchev–Trinajstić information content (AvgIpc) is 2.89. The number of aromatic nitrogens is 1. The topological polar surface area (TPSA) is 38.9 Å². The Morgan fingerprint density at radius 3 is 2.68 bits per heavy atom. The van der Waals surface area contributed by atoms with Crippen LogP contribution in [0.4, 0.5) is 5.69 Å². The molecule has 0 amide bonds. The monoisotopic (exact) mass is 286 g/mol. The van der Waals surface area contributed by atoms with Gasteiger partial charge in [0.1, 0.15) is 5.01 Å². The number of hydrogen-bond donors (Lipinski definition) is 1. The molecule has 1 aromatic heterocycles. The number of halogens is 1. The van der Waals surface area contributed by atoms with Gasteiger partial charge in [0.25, 0.3) is 0 Å². The highest BCUT2D eigenvalue weighted by Crippen LogP contribution is 2.32. The summed E-state index contributed by atoms with van der Waals surface area (Å²) in [6, 6.07) is 15.4. The van der Waals surface area contributed by atoms with E-state index in [1.807, 2.05) is 53.9 Å². The van der Waals surface area contributed by atoms with Gasteiger partial charge < -0.3 is 5.73 Å². The summed E-state index contributed by atoms with van der Waals surface area (Å²) in [7, 11) is 0. The molecule has 3 rings (SSSR count). The predicted molar refractivity (Wildman–Crippen MR) is 82.4 cm³/mol. The van der Waals surface area contributed by atoms with E-state index in [1.54, 1.807) is 11.3 Å². The molecular weight excluding hydrogens is 276 g/mol. The fourth-order valence-electron chi connectivity index (χ4n) is 1.88. The molecular formula is C15H11ClN2S. The summed E-state index contributed by atoms with van der Waals surface area (Å²) < 4.78 is 0. The van der Waals surface area contributed by atoms with E-state index in [1.165, 1.54) is 0 Å². The van der Waals surface area contributed by atoms with Crippen molar-refractivity contribution in [2.75, 3.05) is 5.73 Å². The molecule has 1 heterocycles. The van der Waals surface area contributed by atoms with Crippen LogP contribution in [0.2, 0.25) is 5.02 Å². The minimum absolute atomic E-state index is 0.716. The molecule has 0 bridgehead atoms. The van der Waals surface area contributed by atoms with Crippen LogP contribution >= 0.6 is 22.9 Å². The van der Waals surface area contributed by atoms with E-state index in [9.17, 15) is 0 Å². The molecule has 2 aromatic carbocycles. The minimum Gasteiger partial charge on any atom is -0.398 e. The van der Waals surface area contributed by atoms with Gasteiger partial charge in [-0.2, -0.15) is 0 Å². The molecule has 19 heavy (non-hydrogen) atoms. The molecule has 0 radical (unpaired) electrons. The van der Waals surface area contributed by atoms with E-state index in [-0.39, 0.29) is 0 Å². The van der Waals surface area contributed by atoms with Gasteiger partial charge in [-0.15, -0.1) is 11.3 Å². The standard InChI is InChI=1S/C15H11ClN2S/c16-11-5-3-4-10(8-11)15-18-14(9-19-15)12-6-1-2-7-13(12)17/h1-9H,17H2. The van der Waals surface area contributed by atoms with Crippen molar-refractivity contribution in [1.82, 2.24) is 4.98 Å². The summed E-state index contributed by atoms with van der Waals surface area (Å²) in [6.45, 7) is 0. The van der Waals surface area contributed by atoms with Gasteiger partial charge in [0.05, 0.1) is 5.69 Å². The number of nitrogen functional groups attached to an aromatic ring is 1. The van der Waals surface area contributed by atoms with Gasteiger partial charge in [-0.25, -0.2) is 4.98 Å². The summed E-state index contributed by atoms with van der Waals surface area (Å²) >= 11 is 7.59. The minimum atomic E-state index is 0.716. The lowest BCUT2D eigenvalue weighted by atomic mass is 10.1. The average molecular weight is 287 g/mol. The number of nitrogens with two attached hydrogens (primary N) is 1. The third-order valence-electron chi connectivity index (χ3n) is 2.81. The number of anilines is 1. The fraction of sp³-hybridized carbons (Fsp3) is 0. The number of hydrogen-bond acceptors (Lipinski definition) is 3. The van der Waals surface area contributed by atoms with E-state index in [2.05, 4.69) is 4.98 Å². The lowest BCUT2D eigenvalue weighted by Crippen LogP contribution is -1.89. The van der Waals surface area contributed by atoms with Crippen LogP contribution in [-0.2, 0) is 0 Å². The third kappa shape index (κ3) is 2.48. The zero-order chi connectivity index (χ0) is 13.2. The molecule has 2 nitrogen and oxygen atoms in total. The first kappa shape index (κ1) is 12.2. The second-order valence-corrected chi connectivity index (χ2v) is 5.43. The Morgan fingerprint density at radius 1 is 1.05 bits per heavy atom. The van der Waals surface area contributed by atoms with Crippen LogP contribution < -0.4 is 5.73 Å². The Kier molecular flexibility index (Phi) is 3.23. The van der Waals surface area contributed by atoms with E-state index in [0.29, 0.717) is 5.02 Å². The molecule has 0 aliphatic heterocycles. The van der Waals surface area contributed by atoms with Gasteiger partial charge >= 0.3 is 0 Å². The Bertz CT molecular complexity index is 721. The normalized spacial score (nSPS) is 10.6. The van der Waals surface area contributed by atoms with Gasteiger partial charge in [0, 0.05) is 27.2 Å². The highest BCUT2D eigenvalue weighted by Gasteiger charge is 2.08. The Balaban J connectivity index is 2.03. The van der Waals surface area contributed by atoms with Gasteiger partial charge in [-0.3, -0.25) is 0 Å². The van der Waals surface area contributed by atoms with Crippen LogP contribution in [0.3, 0.4) is 0 Å². The maximum atomic E-state index is 6.00. The van der Waals surface area contributed by atoms with Crippen LogP contribution in [0.15, 0.2) is 53.9 Å². The first-order valence-corrected chi connectivity index (χ1v) is 7.06. The highest BCUT2D eigenvalue weighted by atomic mass is 35.5. The van der Waals surface area contributed by atoms with Crippen molar-refractivity contribution >= 4 is 28.6 Å². The summed E-state index contributed by atoms with van der Waals surface area (Å²) in [4.78, 5) is 4.63. The number of nitrogens with zero attached hydrogens (tertiary/aromatic N) is 1. The van der Waals surface area contributed by atoms with E-state index < -0.39 is 0 Å². The molecule has 0 aliphatic rings. The van der Waals surface area contributed by atoms with Crippen molar-refractivity contribution in [3.8, 4) is 21.8 Å². The quantitative estimate of drug-likeness (QED) is 0.693. The Morgan fingerprint density at radius 2 is 1.89 bits per heavy atom. The number of thiazole rings is 1. The summed E-state index contributed by atoms with van der Waals surface area (Å²) in [5.41, 5.74) is 9.60. The SMILES string of the molecule is Nc1ccccc1-c1csc(-c2cccc(Cl)c2)n1. The van der Waals surface area contributed by atoms with Crippen LogP contribution in [0.25, 0.3) is 21.8 Å². The molecule has 0 spiro atoms. The van der Waals surface area contributed by atoms with Crippen LogP contribution in [0.1, 0.15) is 0 Å². The van der Waals surface area contributed by atoms with Crippen molar-refractivity contribution in [2.24, 2.45) is 0 Å². The lowest BCUT2D eigenvalue weighted by Gasteiger charge is -2.01. The molecule has 0 fully saturated rings. The zero-order valence-corrected chi connectivity index (χ0v) is 11.6. The first-order chi connectivity index (χ1) is 9.24. The molecule has 4 heteroatoms. The summed E-state index contributed by atoms with van der Waals surface area (Å²) in [5.74, 6) is 0. The first-order valence-electron chi connectivity index (χ1n) is 5.80. The second-order valence-electron chi connectivity index (χ2n) is 4.14. The molecule has 94 valence electrons. The maximum Gasteiger partial charge on any atom is 0.124 e. The van der Waals surface area contributed by atoms with Gasteiger partial charge in [0.15, 0.2) is 0 Å². The molecule has 0 saturated heterocycles. The summed E-state index contributed by atoms with van der Waals surface area (Å²) in [6.07, 6.45) is 0. The molecule has 0 atom stereocenters. The number of rotatable bonds is 2. The molecule has 0 unspecified atom stereocenters. The zero-order valence-electron chi connectivity index (χ0n) is 10.0. The predicted octanol–water partition coefficient (Wildman–Crippen LogP) is 4.71. The lowest BCUT2D eigenvalue weighted by molar-refractivity contribution is 1.40. The Hall–Kier alpha value is -1.84. The third-order valence-corrected chi connectivity index (χ3v) is 3.94. The van der Waals surface area contributed by atoms with E-state index in [4.69, 9.17) is 17.3 Å². The summed E-state index contributed by atoms with van der Waals surface area (Å²) in [5, 5.41) is 3.68. The second kappa shape index (κ2) is 5.03. The molecule has 2 N–H and O–H groups in total. The van der Waals surface area contributed by atoms with Crippen LogP contribution in [0, 0.1) is 0 Å². The Labute approximate surface area is 120 Å². The van der Waals surface area contributed by atoms with Crippen LogP contribution in [-0.4, -0.2) is 4.98 Å². The van der Waals surface area contributed by atoms with Gasteiger partial charge in [0.2, 0.25) is 0 Å². The smallest absolute Gasteiger partial charge is 0.124 e. The van der Waals surface area contributed by atoms with Gasteiger partial charge in [-0.05, 0) is 18.2 Å². The van der Waals surface area contributed by atoms with Crippen molar-refractivity contribution < 1.29 is 0 Å². The number of benzene rings is 2. The van der Waals surface area contributed by atoms with E-state index in [0.717, 1.165) is 27.5 Å². The van der Waals surface area contributed by atoms with Crippen molar-refractivity contribution in [1.29, 1.82) is 0 Å². The van der Waals surface area contributed by atoms with Crippen molar-refractivity contribution in [2.45, 2.75) is 0 Å². The maximum absolute atomic E-state index is 6.00. The number of para-hydroxylation sites is 1. The fourth-order valence-corrected chi connectivity index (χ4v) is 2.89. The molecule has 3 aromatic rings. The van der Waals surface area contributed by atoms with Crippen molar-refractivity contribution in [3.63, 3.8) is 0 Å². The van der Waals surface area contributed by atoms with Gasteiger partial charge in [-0.1, -0.05) is 41.9 Å². The molecule has 0 saturated carbocycles. The van der Waals surface area contributed by atoms with Crippen molar-refractivity contribution in [3.05, 3.63) is 58.9 Å². The highest BCUT2D eigenvalue weighted by molar-refractivity contribution is 7.13. The molecule has 0 aliphatic carbocycles.